The molecule has 0 atom stereocenters. The molecule has 0 radical (unpaired) electrons. The van der Waals surface area contributed by atoms with Gasteiger partial charge in [-0.05, 0) is 11.6 Å². The van der Waals surface area contributed by atoms with Gasteiger partial charge in [0.15, 0.2) is 0 Å². The number of hydrogen-bond acceptors (Lipinski definition) is 6. The minimum atomic E-state index is 0.261. The maximum absolute atomic E-state index is 5.93. The van der Waals surface area contributed by atoms with Crippen molar-refractivity contribution in [1.82, 2.24) is 19.9 Å². The monoisotopic (exact) mass is 256 g/mol. The van der Waals surface area contributed by atoms with Crippen LogP contribution in [-0.4, -0.2) is 26.4 Å². The van der Waals surface area contributed by atoms with Gasteiger partial charge in [-0.15, -0.1) is 0 Å². The van der Waals surface area contributed by atoms with Crippen LogP contribution in [0.5, 0.6) is 0 Å². The molecule has 2 aromatic rings. The summed E-state index contributed by atoms with van der Waals surface area (Å²) in [4.78, 5) is 14.7. The summed E-state index contributed by atoms with van der Waals surface area (Å²) < 4.78 is 0. The van der Waals surface area contributed by atoms with Gasteiger partial charge in [-0.1, -0.05) is 6.07 Å². The van der Waals surface area contributed by atoms with E-state index in [2.05, 4.69) is 25.9 Å². The number of nitrogens with two attached hydrogens (primary N) is 2. The first-order chi connectivity index (χ1) is 9.22. The molecule has 0 bridgehead atoms. The Bertz CT molecular complexity index is 583. The largest absolute Gasteiger partial charge is 0.383 e. The van der Waals surface area contributed by atoms with E-state index in [9.17, 15) is 0 Å². The lowest BCUT2D eigenvalue weighted by Gasteiger charge is -2.28. The maximum Gasteiger partial charge on any atom is 0.222 e. The Labute approximate surface area is 111 Å². The fourth-order valence-electron chi connectivity index (χ4n) is 2.40. The van der Waals surface area contributed by atoms with E-state index in [0.717, 1.165) is 37.3 Å². The Hall–Kier alpha value is -2.21. The summed E-state index contributed by atoms with van der Waals surface area (Å²) in [5.41, 5.74) is 14.7. The molecule has 3 heterocycles. The quantitative estimate of drug-likeness (QED) is 0.817. The zero-order valence-corrected chi connectivity index (χ0v) is 10.6. The smallest absolute Gasteiger partial charge is 0.222 e. The van der Waals surface area contributed by atoms with Gasteiger partial charge in [-0.25, -0.2) is 4.98 Å². The van der Waals surface area contributed by atoms with Crippen LogP contribution >= 0.6 is 0 Å². The topological polar surface area (TPSA) is 93.9 Å². The minimum Gasteiger partial charge on any atom is -0.383 e. The van der Waals surface area contributed by atoms with Crippen molar-refractivity contribution in [2.75, 3.05) is 18.0 Å². The van der Waals surface area contributed by atoms with Crippen LogP contribution in [-0.2, 0) is 19.5 Å². The SMILES string of the molecule is Nc1nc(N)c2c(n1)CCN(Cc1cccnc1)C2. The van der Waals surface area contributed by atoms with Crippen LogP contribution in [0.25, 0.3) is 0 Å². The van der Waals surface area contributed by atoms with Crippen LogP contribution in [0.1, 0.15) is 16.8 Å². The van der Waals surface area contributed by atoms with Gasteiger partial charge < -0.3 is 11.5 Å². The van der Waals surface area contributed by atoms with E-state index in [1.54, 1.807) is 6.20 Å². The van der Waals surface area contributed by atoms with Gasteiger partial charge in [0.2, 0.25) is 5.95 Å². The average molecular weight is 256 g/mol. The molecule has 0 amide bonds. The Balaban J connectivity index is 1.79. The highest BCUT2D eigenvalue weighted by Gasteiger charge is 2.21. The first-order valence-corrected chi connectivity index (χ1v) is 6.24. The maximum atomic E-state index is 5.93. The van der Waals surface area contributed by atoms with Gasteiger partial charge in [0.1, 0.15) is 5.82 Å². The highest BCUT2D eigenvalue weighted by Crippen LogP contribution is 2.23. The first-order valence-electron chi connectivity index (χ1n) is 6.24. The molecular formula is C13H16N6. The number of pyridine rings is 1. The predicted octanol–water partition coefficient (Wildman–Crippen LogP) is 0.594. The van der Waals surface area contributed by atoms with Gasteiger partial charge in [0, 0.05) is 44.0 Å². The molecule has 2 aromatic heterocycles. The molecule has 3 rings (SSSR count). The first kappa shape index (κ1) is 11.9. The van der Waals surface area contributed by atoms with E-state index in [4.69, 9.17) is 11.5 Å². The van der Waals surface area contributed by atoms with Gasteiger partial charge >= 0.3 is 0 Å². The van der Waals surface area contributed by atoms with Crippen LogP contribution in [0.15, 0.2) is 24.5 Å². The van der Waals surface area contributed by atoms with E-state index in [1.165, 1.54) is 5.56 Å². The van der Waals surface area contributed by atoms with Crippen molar-refractivity contribution in [2.24, 2.45) is 0 Å². The van der Waals surface area contributed by atoms with Gasteiger partial charge in [0.25, 0.3) is 0 Å². The van der Waals surface area contributed by atoms with Crippen LogP contribution in [0.2, 0.25) is 0 Å². The molecule has 0 aliphatic carbocycles. The molecule has 1 aliphatic rings. The Kier molecular flexibility index (Phi) is 3.00. The molecular weight excluding hydrogens is 240 g/mol. The molecule has 98 valence electrons. The summed E-state index contributed by atoms with van der Waals surface area (Å²) in [6.07, 6.45) is 4.52. The summed E-state index contributed by atoms with van der Waals surface area (Å²) >= 11 is 0. The van der Waals surface area contributed by atoms with Crippen molar-refractivity contribution in [3.63, 3.8) is 0 Å². The van der Waals surface area contributed by atoms with Crippen LogP contribution < -0.4 is 11.5 Å². The Morgan fingerprint density at radius 1 is 1.26 bits per heavy atom. The van der Waals surface area contributed by atoms with E-state index < -0.39 is 0 Å². The number of fused-ring (bicyclic) bond motifs is 1. The summed E-state index contributed by atoms with van der Waals surface area (Å²) in [6, 6.07) is 4.02. The lowest BCUT2D eigenvalue weighted by atomic mass is 10.1. The third-order valence-electron chi connectivity index (χ3n) is 3.32. The third kappa shape index (κ3) is 2.48. The zero-order valence-electron chi connectivity index (χ0n) is 10.6. The van der Waals surface area contributed by atoms with E-state index in [-0.39, 0.29) is 5.95 Å². The van der Waals surface area contributed by atoms with Gasteiger partial charge in [0.05, 0.1) is 5.69 Å². The summed E-state index contributed by atoms with van der Waals surface area (Å²) in [5, 5.41) is 0. The van der Waals surface area contributed by atoms with Crippen LogP contribution in [0.3, 0.4) is 0 Å². The van der Waals surface area contributed by atoms with Crippen molar-refractivity contribution >= 4 is 11.8 Å². The highest BCUT2D eigenvalue weighted by molar-refractivity contribution is 5.46. The fourth-order valence-corrected chi connectivity index (χ4v) is 2.40. The second-order valence-electron chi connectivity index (χ2n) is 4.71. The zero-order chi connectivity index (χ0) is 13.2. The fraction of sp³-hybridized carbons (Fsp3) is 0.308. The number of nitrogens with zero attached hydrogens (tertiary/aromatic N) is 4. The number of aromatic nitrogens is 3. The Morgan fingerprint density at radius 3 is 2.95 bits per heavy atom. The number of anilines is 2. The Morgan fingerprint density at radius 2 is 2.16 bits per heavy atom. The normalized spacial score (nSPS) is 15.2. The van der Waals surface area contributed by atoms with Gasteiger partial charge in [-0.3, -0.25) is 9.88 Å². The standard InChI is InChI=1S/C13H16N6/c14-12-10-8-19(7-9-2-1-4-16-6-9)5-3-11(10)17-13(15)18-12/h1-2,4,6H,3,5,7-8H2,(H4,14,15,17,18). The minimum absolute atomic E-state index is 0.261. The third-order valence-corrected chi connectivity index (χ3v) is 3.32. The van der Waals surface area contributed by atoms with Crippen LogP contribution in [0, 0.1) is 0 Å². The molecule has 19 heavy (non-hydrogen) atoms. The number of nitrogen functional groups attached to an aromatic ring is 2. The van der Waals surface area contributed by atoms with E-state index in [1.807, 2.05) is 12.3 Å². The van der Waals surface area contributed by atoms with Crippen molar-refractivity contribution in [1.29, 1.82) is 0 Å². The molecule has 6 heteroatoms. The molecule has 1 aliphatic heterocycles. The van der Waals surface area contributed by atoms with Crippen molar-refractivity contribution in [2.45, 2.75) is 19.5 Å². The second kappa shape index (κ2) is 4.81. The van der Waals surface area contributed by atoms with E-state index in [0.29, 0.717) is 5.82 Å². The second-order valence-corrected chi connectivity index (χ2v) is 4.71. The van der Waals surface area contributed by atoms with Crippen molar-refractivity contribution in [3.05, 3.63) is 41.3 Å². The molecule has 0 saturated carbocycles. The number of rotatable bonds is 2. The average Bonchev–Trinajstić information content (AvgIpc) is 2.40. The summed E-state index contributed by atoms with van der Waals surface area (Å²) in [7, 11) is 0. The predicted molar refractivity (Wildman–Crippen MR) is 72.9 cm³/mol. The van der Waals surface area contributed by atoms with Crippen molar-refractivity contribution in [3.8, 4) is 0 Å². The summed E-state index contributed by atoms with van der Waals surface area (Å²) in [6.45, 7) is 2.56. The van der Waals surface area contributed by atoms with Gasteiger partial charge in [-0.2, -0.15) is 4.98 Å². The lowest BCUT2D eigenvalue weighted by molar-refractivity contribution is 0.243. The lowest BCUT2D eigenvalue weighted by Crippen LogP contribution is -2.32. The molecule has 4 N–H and O–H groups in total. The van der Waals surface area contributed by atoms with Crippen LogP contribution in [0.4, 0.5) is 11.8 Å². The van der Waals surface area contributed by atoms with Crippen molar-refractivity contribution < 1.29 is 0 Å². The molecule has 0 aromatic carbocycles. The molecule has 6 nitrogen and oxygen atoms in total. The highest BCUT2D eigenvalue weighted by atomic mass is 15.1. The number of hydrogen-bond donors (Lipinski definition) is 2. The molecule has 0 unspecified atom stereocenters. The molecule has 0 fully saturated rings. The van der Waals surface area contributed by atoms with E-state index >= 15 is 0 Å². The molecule has 0 saturated heterocycles. The molecule has 0 spiro atoms. The summed E-state index contributed by atoms with van der Waals surface area (Å²) in [5.74, 6) is 0.760.